The minimum atomic E-state index is -0.340. The van der Waals surface area contributed by atoms with Crippen molar-refractivity contribution >= 4 is 23.2 Å². The average Bonchev–Trinajstić information content (AvgIpc) is 2.41. The third-order valence-electron chi connectivity index (χ3n) is 3.02. The van der Waals surface area contributed by atoms with Gasteiger partial charge in [0.2, 0.25) is 0 Å². The number of likely N-dealkylation sites (N-methyl/N-ethyl adjacent to an activating group) is 1. The van der Waals surface area contributed by atoms with Gasteiger partial charge in [-0.1, -0.05) is 36.2 Å². The van der Waals surface area contributed by atoms with Crippen LogP contribution in [0.25, 0.3) is 0 Å². The molecule has 1 N–H and O–H groups in total. The number of nitrogens with zero attached hydrogens (tertiary/aromatic N) is 1. The molecule has 0 saturated heterocycles. The van der Waals surface area contributed by atoms with Gasteiger partial charge in [0.1, 0.15) is 5.82 Å². The van der Waals surface area contributed by atoms with Crippen LogP contribution in [0.2, 0.25) is 10.0 Å². The Morgan fingerprint density at radius 3 is 2.70 bits per heavy atom. The molecule has 0 aliphatic rings. The van der Waals surface area contributed by atoms with E-state index in [1.54, 1.807) is 18.3 Å². The first-order valence-electron chi connectivity index (χ1n) is 6.38. The Bertz CT molecular complexity index is 590. The van der Waals surface area contributed by atoms with Crippen molar-refractivity contribution in [2.24, 2.45) is 0 Å². The SMILES string of the molecule is CCNC(Cc1ccc(Cl)cc1Cl)c1cncc(F)c1. The lowest BCUT2D eigenvalue weighted by Crippen LogP contribution is -2.23. The molecule has 0 saturated carbocycles. The first-order chi connectivity index (χ1) is 9.60. The lowest BCUT2D eigenvalue weighted by Gasteiger charge is -2.19. The summed E-state index contributed by atoms with van der Waals surface area (Å²) in [7, 11) is 0. The summed E-state index contributed by atoms with van der Waals surface area (Å²) in [5.74, 6) is -0.340. The highest BCUT2D eigenvalue weighted by molar-refractivity contribution is 6.35. The molecule has 106 valence electrons. The lowest BCUT2D eigenvalue weighted by molar-refractivity contribution is 0.539. The minimum absolute atomic E-state index is 0.0399. The van der Waals surface area contributed by atoms with Crippen LogP contribution in [-0.2, 0) is 6.42 Å². The first-order valence-corrected chi connectivity index (χ1v) is 7.13. The fourth-order valence-electron chi connectivity index (χ4n) is 2.08. The summed E-state index contributed by atoms with van der Waals surface area (Å²) in [6.07, 6.45) is 3.51. The predicted molar refractivity (Wildman–Crippen MR) is 80.8 cm³/mol. The number of hydrogen-bond acceptors (Lipinski definition) is 2. The van der Waals surface area contributed by atoms with Gasteiger partial charge in [-0.2, -0.15) is 0 Å². The summed E-state index contributed by atoms with van der Waals surface area (Å²) in [6, 6.07) is 6.86. The van der Waals surface area contributed by atoms with Gasteiger partial charge in [0.05, 0.1) is 6.20 Å². The summed E-state index contributed by atoms with van der Waals surface area (Å²) in [5.41, 5.74) is 1.77. The molecule has 2 aromatic rings. The van der Waals surface area contributed by atoms with E-state index in [1.807, 2.05) is 13.0 Å². The Morgan fingerprint density at radius 1 is 1.25 bits per heavy atom. The van der Waals surface area contributed by atoms with Gasteiger partial charge in [0.25, 0.3) is 0 Å². The van der Waals surface area contributed by atoms with E-state index in [0.29, 0.717) is 16.5 Å². The van der Waals surface area contributed by atoms with Gasteiger partial charge in [-0.3, -0.25) is 4.98 Å². The fraction of sp³-hybridized carbons (Fsp3) is 0.267. The van der Waals surface area contributed by atoms with Gasteiger partial charge in [-0.05, 0) is 42.3 Å². The van der Waals surface area contributed by atoms with Crippen LogP contribution in [0.5, 0.6) is 0 Å². The molecular weight excluding hydrogens is 298 g/mol. The van der Waals surface area contributed by atoms with Crippen LogP contribution in [0.1, 0.15) is 24.1 Å². The van der Waals surface area contributed by atoms with E-state index in [2.05, 4.69) is 10.3 Å². The van der Waals surface area contributed by atoms with Crippen LogP contribution in [0.15, 0.2) is 36.7 Å². The maximum atomic E-state index is 13.3. The molecular formula is C15H15Cl2FN2. The van der Waals surface area contributed by atoms with E-state index in [-0.39, 0.29) is 11.9 Å². The maximum Gasteiger partial charge on any atom is 0.141 e. The summed E-state index contributed by atoms with van der Waals surface area (Å²) in [5, 5.41) is 4.54. The van der Waals surface area contributed by atoms with E-state index in [1.165, 1.54) is 12.3 Å². The predicted octanol–water partition coefficient (Wildman–Crippen LogP) is 4.42. The molecule has 2 nitrogen and oxygen atoms in total. The zero-order valence-corrected chi connectivity index (χ0v) is 12.5. The smallest absolute Gasteiger partial charge is 0.141 e. The second-order valence-corrected chi connectivity index (χ2v) is 5.33. The molecule has 1 aromatic carbocycles. The average molecular weight is 313 g/mol. The van der Waals surface area contributed by atoms with Crippen LogP contribution in [-0.4, -0.2) is 11.5 Å². The van der Waals surface area contributed by atoms with Gasteiger partial charge >= 0.3 is 0 Å². The largest absolute Gasteiger partial charge is 0.310 e. The number of pyridine rings is 1. The number of aromatic nitrogens is 1. The van der Waals surface area contributed by atoms with Crippen molar-refractivity contribution in [2.45, 2.75) is 19.4 Å². The molecule has 1 atom stereocenters. The van der Waals surface area contributed by atoms with Crippen LogP contribution >= 0.6 is 23.2 Å². The number of benzene rings is 1. The summed E-state index contributed by atoms with van der Waals surface area (Å²) < 4.78 is 13.3. The van der Waals surface area contributed by atoms with Crippen molar-refractivity contribution in [1.29, 1.82) is 0 Å². The molecule has 0 bridgehead atoms. The van der Waals surface area contributed by atoms with Gasteiger partial charge in [0.15, 0.2) is 0 Å². The maximum absolute atomic E-state index is 13.3. The van der Waals surface area contributed by atoms with Gasteiger partial charge in [-0.15, -0.1) is 0 Å². The monoisotopic (exact) mass is 312 g/mol. The van der Waals surface area contributed by atoms with Crippen molar-refractivity contribution in [3.63, 3.8) is 0 Å². The second kappa shape index (κ2) is 7.02. The minimum Gasteiger partial charge on any atom is -0.310 e. The molecule has 2 rings (SSSR count). The number of rotatable bonds is 5. The van der Waals surface area contributed by atoms with E-state index < -0.39 is 0 Å². The first kappa shape index (κ1) is 15.2. The van der Waals surface area contributed by atoms with Gasteiger partial charge in [-0.25, -0.2) is 4.39 Å². The van der Waals surface area contributed by atoms with E-state index in [9.17, 15) is 4.39 Å². The van der Waals surface area contributed by atoms with E-state index >= 15 is 0 Å². The standard InChI is InChI=1S/C15H15Cl2FN2/c1-2-20-15(11-5-13(18)9-19-8-11)6-10-3-4-12(16)7-14(10)17/h3-5,7-9,15,20H,2,6H2,1H3. The van der Waals surface area contributed by atoms with Gasteiger partial charge in [0, 0.05) is 22.3 Å². The Labute approximate surface area is 127 Å². The molecule has 0 amide bonds. The highest BCUT2D eigenvalue weighted by atomic mass is 35.5. The highest BCUT2D eigenvalue weighted by Crippen LogP contribution is 2.26. The Hall–Kier alpha value is -1.16. The van der Waals surface area contributed by atoms with E-state index in [0.717, 1.165) is 17.7 Å². The lowest BCUT2D eigenvalue weighted by atomic mass is 10.00. The summed E-state index contributed by atoms with van der Waals surface area (Å²) >= 11 is 12.1. The quantitative estimate of drug-likeness (QED) is 0.884. The topological polar surface area (TPSA) is 24.9 Å². The van der Waals surface area contributed by atoms with Gasteiger partial charge < -0.3 is 5.32 Å². The molecule has 0 aliphatic heterocycles. The van der Waals surface area contributed by atoms with Crippen LogP contribution in [0.3, 0.4) is 0 Å². The van der Waals surface area contributed by atoms with Crippen molar-refractivity contribution < 1.29 is 4.39 Å². The number of nitrogens with one attached hydrogen (secondary N) is 1. The van der Waals surface area contributed by atoms with Crippen LogP contribution in [0.4, 0.5) is 4.39 Å². The van der Waals surface area contributed by atoms with Crippen molar-refractivity contribution in [3.8, 4) is 0 Å². The number of halogens is 3. The Kier molecular flexibility index (Phi) is 5.35. The number of hydrogen-bond donors (Lipinski definition) is 1. The third kappa shape index (κ3) is 3.92. The second-order valence-electron chi connectivity index (χ2n) is 4.49. The molecule has 20 heavy (non-hydrogen) atoms. The third-order valence-corrected chi connectivity index (χ3v) is 3.61. The Balaban J connectivity index is 2.25. The zero-order valence-electron chi connectivity index (χ0n) is 11.0. The molecule has 1 unspecified atom stereocenters. The van der Waals surface area contributed by atoms with Crippen LogP contribution < -0.4 is 5.32 Å². The molecule has 1 heterocycles. The van der Waals surface area contributed by atoms with Crippen molar-refractivity contribution in [1.82, 2.24) is 10.3 Å². The molecule has 0 spiro atoms. The fourth-order valence-corrected chi connectivity index (χ4v) is 2.57. The van der Waals surface area contributed by atoms with E-state index in [4.69, 9.17) is 23.2 Å². The molecule has 5 heteroatoms. The summed E-state index contributed by atoms with van der Waals surface area (Å²) in [4.78, 5) is 3.90. The molecule has 0 aliphatic carbocycles. The van der Waals surface area contributed by atoms with Crippen molar-refractivity contribution in [3.05, 3.63) is 63.6 Å². The molecule has 0 radical (unpaired) electrons. The highest BCUT2D eigenvalue weighted by Gasteiger charge is 2.14. The molecule has 0 fully saturated rings. The normalized spacial score (nSPS) is 12.4. The molecule has 1 aromatic heterocycles. The Morgan fingerprint density at radius 2 is 2.05 bits per heavy atom. The van der Waals surface area contributed by atoms with Crippen LogP contribution in [0, 0.1) is 5.82 Å². The zero-order chi connectivity index (χ0) is 14.5. The summed E-state index contributed by atoms with van der Waals surface area (Å²) in [6.45, 7) is 2.77. The van der Waals surface area contributed by atoms with Crippen molar-refractivity contribution in [2.75, 3.05) is 6.54 Å².